The van der Waals surface area contributed by atoms with Crippen molar-refractivity contribution in [2.75, 3.05) is 32.7 Å². The Morgan fingerprint density at radius 2 is 1.83 bits per heavy atom. The molecule has 1 heterocycles. The molecule has 0 saturated carbocycles. The molecule has 2 unspecified atom stereocenters. The van der Waals surface area contributed by atoms with Crippen molar-refractivity contribution in [1.82, 2.24) is 14.5 Å². The Morgan fingerprint density at radius 3 is 2.44 bits per heavy atom. The van der Waals surface area contributed by atoms with E-state index in [4.69, 9.17) is 11.6 Å². The molecule has 2 aromatic rings. The molecule has 9 nitrogen and oxygen atoms in total. The van der Waals surface area contributed by atoms with Crippen LogP contribution in [0.1, 0.15) is 25.8 Å². The summed E-state index contributed by atoms with van der Waals surface area (Å²) in [7, 11) is -4.20. The van der Waals surface area contributed by atoms with Crippen LogP contribution in [-0.4, -0.2) is 67.8 Å². The van der Waals surface area contributed by atoms with Gasteiger partial charge in [-0.15, -0.1) is 0 Å². The van der Waals surface area contributed by atoms with Crippen LogP contribution in [0.15, 0.2) is 59.5 Å². The van der Waals surface area contributed by atoms with E-state index in [2.05, 4.69) is 21.8 Å². The molecule has 1 aliphatic heterocycles. The van der Waals surface area contributed by atoms with Crippen molar-refractivity contribution >= 4 is 39.3 Å². The van der Waals surface area contributed by atoms with Crippen LogP contribution in [0.5, 0.6) is 0 Å². The zero-order valence-electron chi connectivity index (χ0n) is 20.3. The Kier molecular flexibility index (Phi) is 9.61. The second kappa shape index (κ2) is 12.4. The molecule has 1 saturated heterocycles. The van der Waals surface area contributed by atoms with Gasteiger partial charge >= 0.3 is 0 Å². The molecule has 0 aliphatic carbocycles. The van der Waals surface area contributed by atoms with Gasteiger partial charge < -0.3 is 4.90 Å². The molecule has 11 heteroatoms. The van der Waals surface area contributed by atoms with Crippen molar-refractivity contribution in [3.8, 4) is 0 Å². The number of nitro benzene ring substituents is 1. The lowest BCUT2D eigenvalue weighted by molar-refractivity contribution is -0.384. The zero-order valence-corrected chi connectivity index (χ0v) is 21.9. The van der Waals surface area contributed by atoms with Gasteiger partial charge in [-0.25, -0.2) is 8.42 Å². The summed E-state index contributed by atoms with van der Waals surface area (Å²) in [4.78, 5) is 27.4. The van der Waals surface area contributed by atoms with Crippen molar-refractivity contribution in [2.45, 2.75) is 31.2 Å². The van der Waals surface area contributed by atoms with E-state index >= 15 is 0 Å². The molecule has 2 atom stereocenters. The standard InChI is InChI=1S/C25H31ClN4O5S/c1-3-19(2)24(27-36(34,35)21-11-12-22(26)23(18-21)30(32)33)25(31)29-16-14-28(15-17-29)13-7-10-20-8-5-4-6-9-20/h4-12,18-19,24,27H,3,13-17H2,1-2H3/b10-7+. The van der Waals surface area contributed by atoms with E-state index in [0.29, 0.717) is 32.6 Å². The summed E-state index contributed by atoms with van der Waals surface area (Å²) < 4.78 is 28.6. The zero-order chi connectivity index (χ0) is 26.3. The Hall–Kier alpha value is -2.79. The quantitative estimate of drug-likeness (QED) is 0.366. The molecule has 1 fully saturated rings. The molecular formula is C25H31ClN4O5S. The highest BCUT2D eigenvalue weighted by molar-refractivity contribution is 7.89. The maximum Gasteiger partial charge on any atom is 0.289 e. The lowest BCUT2D eigenvalue weighted by Gasteiger charge is -2.37. The number of piperazine rings is 1. The number of benzene rings is 2. The van der Waals surface area contributed by atoms with Gasteiger partial charge in [0, 0.05) is 38.8 Å². The van der Waals surface area contributed by atoms with Gasteiger partial charge in [0.05, 0.1) is 9.82 Å². The summed E-state index contributed by atoms with van der Waals surface area (Å²) >= 11 is 5.82. The molecule has 0 aromatic heterocycles. The fraction of sp³-hybridized carbons (Fsp3) is 0.400. The third-order valence-electron chi connectivity index (χ3n) is 6.34. The van der Waals surface area contributed by atoms with Crippen molar-refractivity contribution < 1.29 is 18.1 Å². The minimum absolute atomic E-state index is 0.162. The highest BCUT2D eigenvalue weighted by Gasteiger charge is 2.34. The number of rotatable bonds is 10. The average molecular weight is 535 g/mol. The fourth-order valence-electron chi connectivity index (χ4n) is 3.93. The number of carbonyl (C=O) groups excluding carboxylic acids is 1. The Balaban J connectivity index is 1.65. The molecule has 36 heavy (non-hydrogen) atoms. The SMILES string of the molecule is CCC(C)C(NS(=O)(=O)c1ccc(Cl)c([N+](=O)[O-])c1)C(=O)N1CCN(C/C=C/c2ccccc2)CC1. The second-order valence-electron chi connectivity index (χ2n) is 8.79. The van der Waals surface area contributed by atoms with Crippen LogP contribution in [0.2, 0.25) is 5.02 Å². The van der Waals surface area contributed by atoms with Crippen LogP contribution in [-0.2, 0) is 14.8 Å². The number of nitro groups is 1. The Bertz CT molecular complexity index is 1200. The van der Waals surface area contributed by atoms with Gasteiger partial charge in [-0.3, -0.25) is 19.8 Å². The normalized spacial score (nSPS) is 16.7. The number of sulfonamides is 1. The minimum Gasteiger partial charge on any atom is -0.339 e. The number of hydrogen-bond acceptors (Lipinski definition) is 6. The average Bonchev–Trinajstić information content (AvgIpc) is 2.87. The lowest BCUT2D eigenvalue weighted by Crippen LogP contribution is -2.56. The first-order chi connectivity index (χ1) is 17.1. The van der Waals surface area contributed by atoms with Gasteiger partial charge in [0.15, 0.2) is 0 Å². The number of halogens is 1. The lowest BCUT2D eigenvalue weighted by atomic mass is 9.98. The third-order valence-corrected chi connectivity index (χ3v) is 8.10. The fourth-order valence-corrected chi connectivity index (χ4v) is 5.43. The van der Waals surface area contributed by atoms with Crippen molar-refractivity contribution in [1.29, 1.82) is 0 Å². The monoisotopic (exact) mass is 534 g/mol. The van der Waals surface area contributed by atoms with Gasteiger partial charge in [-0.05, 0) is 23.6 Å². The van der Waals surface area contributed by atoms with Crippen molar-refractivity contribution in [3.05, 3.63) is 75.3 Å². The van der Waals surface area contributed by atoms with Gasteiger partial charge in [0.25, 0.3) is 5.69 Å². The molecule has 1 amide bonds. The van der Waals surface area contributed by atoms with Gasteiger partial charge in [-0.1, -0.05) is 74.4 Å². The third kappa shape index (κ3) is 7.13. The van der Waals surface area contributed by atoms with Gasteiger partial charge in [0.1, 0.15) is 11.1 Å². The van der Waals surface area contributed by atoms with E-state index in [0.717, 1.165) is 18.2 Å². The van der Waals surface area contributed by atoms with Crippen molar-refractivity contribution in [2.24, 2.45) is 5.92 Å². The van der Waals surface area contributed by atoms with Crippen LogP contribution < -0.4 is 4.72 Å². The number of amides is 1. The van der Waals surface area contributed by atoms with Crippen LogP contribution in [0.25, 0.3) is 6.08 Å². The summed E-state index contributed by atoms with van der Waals surface area (Å²) in [5.74, 6) is -0.572. The summed E-state index contributed by atoms with van der Waals surface area (Å²) in [5.41, 5.74) is 0.615. The molecule has 194 valence electrons. The van der Waals surface area contributed by atoms with E-state index in [1.165, 1.54) is 12.1 Å². The number of hydrogen-bond donors (Lipinski definition) is 1. The van der Waals surface area contributed by atoms with Crippen LogP contribution in [0, 0.1) is 16.0 Å². The minimum atomic E-state index is -4.20. The largest absolute Gasteiger partial charge is 0.339 e. The van der Waals surface area contributed by atoms with Crippen LogP contribution in [0.4, 0.5) is 5.69 Å². The summed E-state index contributed by atoms with van der Waals surface area (Å²) in [6, 6.07) is 12.3. The highest BCUT2D eigenvalue weighted by atomic mass is 35.5. The van der Waals surface area contributed by atoms with E-state index in [1.807, 2.05) is 37.3 Å². The summed E-state index contributed by atoms with van der Waals surface area (Å²) in [6.07, 6.45) is 4.73. The molecule has 2 aromatic carbocycles. The van der Waals surface area contributed by atoms with E-state index in [9.17, 15) is 23.3 Å². The molecule has 0 bridgehead atoms. The summed E-state index contributed by atoms with van der Waals surface area (Å²) in [5, 5.41) is 11.0. The second-order valence-corrected chi connectivity index (χ2v) is 10.9. The Morgan fingerprint density at radius 1 is 1.17 bits per heavy atom. The van der Waals surface area contributed by atoms with E-state index in [-0.39, 0.29) is 21.7 Å². The summed E-state index contributed by atoms with van der Waals surface area (Å²) in [6.45, 7) is 6.76. The molecular weight excluding hydrogens is 504 g/mol. The van der Waals surface area contributed by atoms with Gasteiger partial charge in [-0.2, -0.15) is 4.72 Å². The predicted octanol–water partition coefficient (Wildman–Crippen LogP) is 3.80. The molecule has 0 spiro atoms. The first kappa shape index (κ1) is 27.8. The Labute approximate surface area is 216 Å². The molecule has 0 radical (unpaired) electrons. The van der Waals surface area contributed by atoms with Crippen molar-refractivity contribution in [3.63, 3.8) is 0 Å². The maximum atomic E-state index is 13.4. The smallest absolute Gasteiger partial charge is 0.289 e. The first-order valence-corrected chi connectivity index (χ1v) is 13.7. The number of nitrogens with one attached hydrogen (secondary N) is 1. The van der Waals surface area contributed by atoms with Gasteiger partial charge in [0.2, 0.25) is 15.9 Å². The highest BCUT2D eigenvalue weighted by Crippen LogP contribution is 2.27. The molecule has 1 N–H and O–H groups in total. The predicted molar refractivity (Wildman–Crippen MR) is 140 cm³/mol. The van der Waals surface area contributed by atoms with E-state index < -0.39 is 26.7 Å². The first-order valence-electron chi connectivity index (χ1n) is 11.8. The molecule has 3 rings (SSSR count). The van der Waals surface area contributed by atoms with E-state index in [1.54, 1.807) is 11.8 Å². The topological polar surface area (TPSA) is 113 Å². The number of carbonyl (C=O) groups is 1. The van der Waals surface area contributed by atoms with Crippen LogP contribution in [0.3, 0.4) is 0 Å². The number of nitrogens with zero attached hydrogens (tertiary/aromatic N) is 3. The van der Waals surface area contributed by atoms with Crippen LogP contribution >= 0.6 is 11.6 Å². The molecule has 1 aliphatic rings. The maximum absolute atomic E-state index is 13.4.